The standard InChI is InChI=1S/C19H21FN2O3S2/c1-26-14-15-6-8-16(9-7-15)19(23)21-10-12-22(13-11-21)27(24,25)18-5-3-2-4-17(18)20/h2-9H,10-14H2,1H3. The molecule has 27 heavy (non-hydrogen) atoms. The predicted molar refractivity (Wildman–Crippen MR) is 105 cm³/mol. The number of piperazine rings is 1. The van der Waals surface area contributed by atoms with Crippen molar-refractivity contribution in [1.82, 2.24) is 9.21 Å². The second-order valence-corrected chi connectivity index (χ2v) is 9.03. The number of carbonyl (C=O) groups excluding carboxylic acids is 1. The van der Waals surface area contributed by atoms with Crippen LogP contribution in [0.25, 0.3) is 0 Å². The Bertz CT molecular complexity index is 909. The van der Waals surface area contributed by atoms with Gasteiger partial charge >= 0.3 is 0 Å². The molecular weight excluding hydrogens is 387 g/mol. The summed E-state index contributed by atoms with van der Waals surface area (Å²) in [5.41, 5.74) is 1.74. The van der Waals surface area contributed by atoms with Gasteiger partial charge in [0, 0.05) is 37.5 Å². The van der Waals surface area contributed by atoms with Gasteiger partial charge in [-0.15, -0.1) is 0 Å². The Morgan fingerprint density at radius 3 is 2.26 bits per heavy atom. The molecular formula is C19H21FN2O3S2. The van der Waals surface area contributed by atoms with Crippen molar-refractivity contribution in [1.29, 1.82) is 0 Å². The lowest BCUT2D eigenvalue weighted by atomic mass is 10.1. The molecule has 0 radical (unpaired) electrons. The lowest BCUT2D eigenvalue weighted by molar-refractivity contribution is 0.0697. The van der Waals surface area contributed by atoms with Crippen LogP contribution in [0.1, 0.15) is 15.9 Å². The van der Waals surface area contributed by atoms with Crippen molar-refractivity contribution >= 4 is 27.7 Å². The third kappa shape index (κ3) is 4.34. The first kappa shape index (κ1) is 19.9. The highest BCUT2D eigenvalue weighted by Gasteiger charge is 2.31. The summed E-state index contributed by atoms with van der Waals surface area (Å²) in [6.07, 6.45) is 2.02. The number of hydrogen-bond acceptors (Lipinski definition) is 4. The maximum Gasteiger partial charge on any atom is 0.253 e. The largest absolute Gasteiger partial charge is 0.336 e. The summed E-state index contributed by atoms with van der Waals surface area (Å²) in [4.78, 5) is 14.0. The molecule has 144 valence electrons. The van der Waals surface area contributed by atoms with Crippen LogP contribution in [0.3, 0.4) is 0 Å². The number of thioether (sulfide) groups is 1. The minimum absolute atomic E-state index is 0.117. The monoisotopic (exact) mass is 408 g/mol. The number of hydrogen-bond donors (Lipinski definition) is 0. The fraction of sp³-hybridized carbons (Fsp3) is 0.316. The van der Waals surface area contributed by atoms with Gasteiger partial charge in [0.1, 0.15) is 10.7 Å². The average Bonchev–Trinajstić information content (AvgIpc) is 2.68. The molecule has 1 heterocycles. The molecule has 0 N–H and O–H groups in total. The Morgan fingerprint density at radius 1 is 1.04 bits per heavy atom. The fourth-order valence-electron chi connectivity index (χ4n) is 3.02. The molecule has 2 aromatic carbocycles. The highest BCUT2D eigenvalue weighted by Crippen LogP contribution is 2.21. The molecule has 1 amide bonds. The van der Waals surface area contributed by atoms with Crippen LogP contribution in [0.2, 0.25) is 0 Å². The summed E-state index contributed by atoms with van der Waals surface area (Å²) < 4.78 is 40.4. The maximum atomic E-state index is 13.9. The van der Waals surface area contributed by atoms with Gasteiger partial charge in [-0.3, -0.25) is 4.79 Å². The number of halogens is 1. The Labute approximate surface area is 163 Å². The minimum Gasteiger partial charge on any atom is -0.336 e. The predicted octanol–water partition coefficient (Wildman–Crippen LogP) is 2.84. The zero-order valence-corrected chi connectivity index (χ0v) is 16.6. The minimum atomic E-state index is -3.90. The van der Waals surface area contributed by atoms with Crippen molar-refractivity contribution in [2.75, 3.05) is 32.4 Å². The van der Waals surface area contributed by atoms with Gasteiger partial charge in [0.25, 0.3) is 5.91 Å². The van der Waals surface area contributed by atoms with Gasteiger partial charge in [-0.1, -0.05) is 24.3 Å². The summed E-state index contributed by atoms with van der Waals surface area (Å²) in [5.74, 6) is 0.0103. The van der Waals surface area contributed by atoms with Crippen molar-refractivity contribution in [2.45, 2.75) is 10.6 Å². The summed E-state index contributed by atoms with van der Waals surface area (Å²) in [6, 6.07) is 12.8. The Hall–Kier alpha value is -1.90. The molecule has 0 aliphatic carbocycles. The van der Waals surface area contributed by atoms with Gasteiger partial charge in [0.2, 0.25) is 10.0 Å². The van der Waals surface area contributed by atoms with Crippen molar-refractivity contribution in [3.8, 4) is 0 Å². The molecule has 0 spiro atoms. The van der Waals surface area contributed by atoms with Gasteiger partial charge in [-0.2, -0.15) is 16.1 Å². The van der Waals surface area contributed by atoms with Crippen LogP contribution in [-0.2, 0) is 15.8 Å². The van der Waals surface area contributed by atoms with Crippen LogP contribution in [0.5, 0.6) is 0 Å². The molecule has 8 heteroatoms. The van der Waals surface area contributed by atoms with E-state index in [0.29, 0.717) is 5.56 Å². The Morgan fingerprint density at radius 2 is 1.67 bits per heavy atom. The third-order valence-corrected chi connectivity index (χ3v) is 7.05. The molecule has 1 aliphatic heterocycles. The zero-order valence-electron chi connectivity index (χ0n) is 15.0. The van der Waals surface area contributed by atoms with Crippen molar-refractivity contribution in [3.63, 3.8) is 0 Å². The highest BCUT2D eigenvalue weighted by molar-refractivity contribution is 7.97. The van der Waals surface area contributed by atoms with Gasteiger partial charge < -0.3 is 4.90 Å². The molecule has 3 rings (SSSR count). The maximum absolute atomic E-state index is 13.9. The fourth-order valence-corrected chi connectivity index (χ4v) is 5.03. The zero-order chi connectivity index (χ0) is 19.4. The van der Waals surface area contributed by atoms with Crippen molar-refractivity contribution < 1.29 is 17.6 Å². The van der Waals surface area contributed by atoms with Crippen molar-refractivity contribution in [2.24, 2.45) is 0 Å². The van der Waals surface area contributed by atoms with Crippen LogP contribution < -0.4 is 0 Å². The molecule has 1 fully saturated rings. The molecule has 0 saturated carbocycles. The topological polar surface area (TPSA) is 57.7 Å². The van der Waals surface area contributed by atoms with Crippen LogP contribution in [0.4, 0.5) is 4.39 Å². The summed E-state index contributed by atoms with van der Waals surface area (Å²) in [7, 11) is -3.90. The lowest BCUT2D eigenvalue weighted by Gasteiger charge is -2.34. The second kappa shape index (κ2) is 8.41. The van der Waals surface area contributed by atoms with Gasteiger partial charge in [-0.25, -0.2) is 12.8 Å². The first-order valence-corrected chi connectivity index (χ1v) is 11.4. The highest BCUT2D eigenvalue weighted by atomic mass is 32.2. The number of rotatable bonds is 5. The Balaban J connectivity index is 1.66. The lowest BCUT2D eigenvalue weighted by Crippen LogP contribution is -2.50. The second-order valence-electron chi connectivity index (χ2n) is 6.26. The van der Waals surface area contributed by atoms with Crippen LogP contribution in [0, 0.1) is 5.82 Å². The smallest absolute Gasteiger partial charge is 0.253 e. The van der Waals surface area contributed by atoms with E-state index >= 15 is 0 Å². The van der Waals surface area contributed by atoms with Crippen LogP contribution in [-0.4, -0.2) is 56.0 Å². The van der Waals surface area contributed by atoms with Crippen LogP contribution >= 0.6 is 11.8 Å². The van der Waals surface area contributed by atoms with E-state index in [1.807, 2.05) is 18.4 Å². The van der Waals surface area contributed by atoms with E-state index in [1.54, 1.807) is 28.8 Å². The number of sulfonamides is 1. The molecule has 0 unspecified atom stereocenters. The molecule has 5 nitrogen and oxygen atoms in total. The molecule has 0 aromatic heterocycles. The van der Waals surface area contributed by atoms with E-state index in [2.05, 4.69) is 0 Å². The van der Waals surface area contributed by atoms with Gasteiger partial charge in [0.05, 0.1) is 0 Å². The third-order valence-electron chi connectivity index (χ3n) is 4.49. The van der Waals surface area contributed by atoms with Gasteiger partial charge in [-0.05, 0) is 36.1 Å². The van der Waals surface area contributed by atoms with E-state index in [0.717, 1.165) is 17.4 Å². The van der Waals surface area contributed by atoms with Crippen molar-refractivity contribution in [3.05, 3.63) is 65.5 Å². The Kier molecular flexibility index (Phi) is 6.18. The first-order chi connectivity index (χ1) is 12.9. The van der Waals surface area contributed by atoms with E-state index in [1.165, 1.54) is 22.5 Å². The SMILES string of the molecule is CSCc1ccc(C(=O)N2CCN(S(=O)(=O)c3ccccc3F)CC2)cc1. The van der Waals surface area contributed by atoms with E-state index in [-0.39, 0.29) is 37.0 Å². The molecule has 0 bridgehead atoms. The quantitative estimate of drug-likeness (QED) is 0.763. The average molecular weight is 409 g/mol. The molecule has 1 saturated heterocycles. The van der Waals surface area contributed by atoms with E-state index in [9.17, 15) is 17.6 Å². The summed E-state index contributed by atoms with van der Waals surface area (Å²) in [6.45, 7) is 0.845. The molecule has 2 aromatic rings. The normalized spacial score (nSPS) is 15.7. The first-order valence-electron chi connectivity index (χ1n) is 8.55. The number of benzene rings is 2. The summed E-state index contributed by atoms with van der Waals surface area (Å²) >= 11 is 1.71. The summed E-state index contributed by atoms with van der Waals surface area (Å²) in [5, 5.41) is 0. The number of nitrogens with zero attached hydrogens (tertiary/aromatic N) is 2. The van der Waals surface area contributed by atoms with E-state index in [4.69, 9.17) is 0 Å². The number of amides is 1. The van der Waals surface area contributed by atoms with Gasteiger partial charge in [0.15, 0.2) is 0 Å². The number of carbonyl (C=O) groups is 1. The van der Waals surface area contributed by atoms with Crippen LogP contribution in [0.15, 0.2) is 53.4 Å². The van der Waals surface area contributed by atoms with E-state index < -0.39 is 15.8 Å². The molecule has 1 aliphatic rings. The molecule has 0 atom stereocenters.